The lowest BCUT2D eigenvalue weighted by atomic mass is 9.95. The van der Waals surface area contributed by atoms with Gasteiger partial charge in [0.25, 0.3) is 0 Å². The average molecular weight is 252 g/mol. The molecule has 0 aliphatic rings. The number of nitrogens with one attached hydrogen (secondary N) is 1. The second-order valence-electron chi connectivity index (χ2n) is 4.91. The Morgan fingerprint density at radius 3 is 2.50 bits per heavy atom. The zero-order valence-corrected chi connectivity index (χ0v) is 11.2. The van der Waals surface area contributed by atoms with Crippen molar-refractivity contribution in [2.75, 3.05) is 0 Å². The summed E-state index contributed by atoms with van der Waals surface area (Å²) in [7, 11) is 0. The topological polar surface area (TPSA) is 55.1 Å². The minimum absolute atomic E-state index is 0.179. The molecule has 0 bridgehead atoms. The molecular formula is C14H21FN2O. The van der Waals surface area contributed by atoms with Gasteiger partial charge >= 0.3 is 0 Å². The zero-order valence-electron chi connectivity index (χ0n) is 11.2. The zero-order chi connectivity index (χ0) is 13.8. The molecule has 0 spiro atoms. The fraction of sp³-hybridized carbons (Fsp3) is 0.500. The number of carbonyl (C=O) groups is 1. The van der Waals surface area contributed by atoms with Crippen LogP contribution in [0.5, 0.6) is 0 Å². The summed E-state index contributed by atoms with van der Waals surface area (Å²) in [5, 5.41) is 2.85. The lowest BCUT2D eigenvalue weighted by Gasteiger charge is -2.25. The third-order valence-corrected chi connectivity index (χ3v) is 3.01. The molecule has 4 heteroatoms. The van der Waals surface area contributed by atoms with Crippen LogP contribution in [0, 0.1) is 5.82 Å². The van der Waals surface area contributed by atoms with Gasteiger partial charge in [-0.2, -0.15) is 0 Å². The van der Waals surface area contributed by atoms with Crippen molar-refractivity contribution in [3.63, 3.8) is 0 Å². The first kappa shape index (κ1) is 14.6. The van der Waals surface area contributed by atoms with Crippen molar-refractivity contribution < 1.29 is 9.18 Å². The SMILES string of the molecule is CCCC(C)(N)C(=O)NC(C)c1ccc(F)cc1. The molecule has 0 aromatic heterocycles. The molecule has 1 aromatic rings. The molecule has 1 aromatic carbocycles. The van der Waals surface area contributed by atoms with E-state index in [1.807, 2.05) is 13.8 Å². The highest BCUT2D eigenvalue weighted by Crippen LogP contribution is 2.15. The van der Waals surface area contributed by atoms with Crippen LogP contribution >= 0.6 is 0 Å². The molecule has 0 aliphatic carbocycles. The lowest BCUT2D eigenvalue weighted by Crippen LogP contribution is -2.52. The molecule has 0 radical (unpaired) electrons. The fourth-order valence-corrected chi connectivity index (χ4v) is 1.83. The summed E-state index contributed by atoms with van der Waals surface area (Å²) in [6.07, 6.45) is 1.49. The minimum atomic E-state index is -0.858. The van der Waals surface area contributed by atoms with Crippen molar-refractivity contribution in [1.82, 2.24) is 5.32 Å². The van der Waals surface area contributed by atoms with E-state index in [4.69, 9.17) is 5.73 Å². The Hall–Kier alpha value is -1.42. The van der Waals surface area contributed by atoms with Gasteiger partial charge in [-0.1, -0.05) is 25.5 Å². The molecule has 1 amide bonds. The second kappa shape index (κ2) is 5.96. The molecule has 0 heterocycles. The van der Waals surface area contributed by atoms with E-state index >= 15 is 0 Å². The number of benzene rings is 1. The number of carbonyl (C=O) groups excluding carboxylic acids is 1. The maximum absolute atomic E-state index is 12.8. The summed E-state index contributed by atoms with van der Waals surface area (Å²) in [6.45, 7) is 5.57. The summed E-state index contributed by atoms with van der Waals surface area (Å²) in [5.74, 6) is -0.465. The maximum Gasteiger partial charge on any atom is 0.240 e. The standard InChI is InChI=1S/C14H21FN2O/c1-4-9-14(3,16)13(18)17-10(2)11-5-7-12(15)8-6-11/h5-8,10H,4,9,16H2,1-3H3,(H,17,18). The van der Waals surface area contributed by atoms with Gasteiger partial charge in [0, 0.05) is 0 Å². The Morgan fingerprint density at radius 1 is 1.44 bits per heavy atom. The Balaban J connectivity index is 2.67. The molecule has 2 unspecified atom stereocenters. The Bertz CT molecular complexity index is 401. The maximum atomic E-state index is 12.8. The van der Waals surface area contributed by atoms with E-state index in [0.29, 0.717) is 6.42 Å². The first-order chi connectivity index (χ1) is 8.36. The minimum Gasteiger partial charge on any atom is -0.348 e. The van der Waals surface area contributed by atoms with Crippen LogP contribution in [0.1, 0.15) is 45.2 Å². The van der Waals surface area contributed by atoms with Gasteiger partial charge in [-0.25, -0.2) is 4.39 Å². The van der Waals surface area contributed by atoms with Gasteiger partial charge in [0.15, 0.2) is 0 Å². The van der Waals surface area contributed by atoms with E-state index in [0.717, 1.165) is 12.0 Å². The van der Waals surface area contributed by atoms with Crippen LogP contribution in [0.15, 0.2) is 24.3 Å². The van der Waals surface area contributed by atoms with E-state index in [1.54, 1.807) is 19.1 Å². The summed E-state index contributed by atoms with van der Waals surface area (Å²) in [6, 6.07) is 5.90. The van der Waals surface area contributed by atoms with Gasteiger partial charge in [-0.15, -0.1) is 0 Å². The van der Waals surface area contributed by atoms with E-state index in [1.165, 1.54) is 12.1 Å². The Morgan fingerprint density at radius 2 is 2.00 bits per heavy atom. The second-order valence-corrected chi connectivity index (χ2v) is 4.91. The van der Waals surface area contributed by atoms with Crippen LogP contribution in [0.25, 0.3) is 0 Å². The summed E-state index contributed by atoms with van der Waals surface area (Å²) >= 11 is 0. The number of nitrogens with two attached hydrogens (primary N) is 1. The monoisotopic (exact) mass is 252 g/mol. The molecule has 3 N–H and O–H groups in total. The molecule has 2 atom stereocenters. The number of amides is 1. The van der Waals surface area contributed by atoms with Crippen LogP contribution < -0.4 is 11.1 Å². The molecule has 0 saturated heterocycles. The van der Waals surface area contributed by atoms with Crippen LogP contribution in [0.2, 0.25) is 0 Å². The average Bonchev–Trinajstić information content (AvgIpc) is 2.29. The highest BCUT2D eigenvalue weighted by Gasteiger charge is 2.28. The summed E-state index contributed by atoms with van der Waals surface area (Å²) < 4.78 is 12.8. The van der Waals surface area contributed by atoms with Crippen molar-refractivity contribution in [2.24, 2.45) is 5.73 Å². The van der Waals surface area contributed by atoms with Gasteiger partial charge in [0.2, 0.25) is 5.91 Å². The quantitative estimate of drug-likeness (QED) is 0.846. The molecule has 1 rings (SSSR count). The van der Waals surface area contributed by atoms with E-state index < -0.39 is 5.54 Å². The largest absolute Gasteiger partial charge is 0.348 e. The van der Waals surface area contributed by atoms with Gasteiger partial charge in [0.1, 0.15) is 5.82 Å². The predicted octanol–water partition coefficient (Wildman–Crippen LogP) is 2.52. The normalized spacial score (nSPS) is 15.8. The first-order valence-electron chi connectivity index (χ1n) is 6.22. The van der Waals surface area contributed by atoms with Crippen molar-refractivity contribution in [2.45, 2.75) is 45.2 Å². The van der Waals surface area contributed by atoms with Crippen LogP contribution in [0.4, 0.5) is 4.39 Å². The first-order valence-corrected chi connectivity index (χ1v) is 6.22. The van der Waals surface area contributed by atoms with Gasteiger partial charge in [0.05, 0.1) is 11.6 Å². The van der Waals surface area contributed by atoms with Crippen molar-refractivity contribution in [1.29, 1.82) is 0 Å². The third kappa shape index (κ3) is 3.81. The van der Waals surface area contributed by atoms with E-state index in [2.05, 4.69) is 5.32 Å². The molecule has 0 saturated carbocycles. The fourth-order valence-electron chi connectivity index (χ4n) is 1.83. The Kier molecular flexibility index (Phi) is 4.84. The van der Waals surface area contributed by atoms with Gasteiger partial charge < -0.3 is 11.1 Å². The summed E-state index contributed by atoms with van der Waals surface area (Å²) in [5.41, 5.74) is 5.95. The predicted molar refractivity (Wildman–Crippen MR) is 70.5 cm³/mol. The molecule has 18 heavy (non-hydrogen) atoms. The number of hydrogen-bond donors (Lipinski definition) is 2. The van der Waals surface area contributed by atoms with Crippen molar-refractivity contribution in [3.05, 3.63) is 35.6 Å². The van der Waals surface area contributed by atoms with Crippen molar-refractivity contribution in [3.8, 4) is 0 Å². The van der Waals surface area contributed by atoms with Crippen LogP contribution in [0.3, 0.4) is 0 Å². The van der Waals surface area contributed by atoms with E-state index in [9.17, 15) is 9.18 Å². The van der Waals surface area contributed by atoms with Crippen LogP contribution in [-0.2, 0) is 4.79 Å². The molecular weight excluding hydrogens is 231 g/mol. The van der Waals surface area contributed by atoms with Gasteiger partial charge in [-0.3, -0.25) is 4.79 Å². The molecule has 0 fully saturated rings. The number of rotatable bonds is 5. The number of hydrogen-bond acceptors (Lipinski definition) is 2. The lowest BCUT2D eigenvalue weighted by molar-refractivity contribution is -0.126. The van der Waals surface area contributed by atoms with Crippen LogP contribution in [-0.4, -0.2) is 11.4 Å². The molecule has 0 aliphatic heterocycles. The molecule has 3 nitrogen and oxygen atoms in total. The smallest absolute Gasteiger partial charge is 0.240 e. The Labute approximate surface area is 108 Å². The van der Waals surface area contributed by atoms with Gasteiger partial charge in [-0.05, 0) is 38.0 Å². The number of halogens is 1. The molecule has 100 valence electrons. The highest BCUT2D eigenvalue weighted by molar-refractivity contribution is 5.85. The van der Waals surface area contributed by atoms with E-state index in [-0.39, 0.29) is 17.8 Å². The third-order valence-electron chi connectivity index (χ3n) is 3.01. The highest BCUT2D eigenvalue weighted by atomic mass is 19.1. The van der Waals surface area contributed by atoms with Crippen molar-refractivity contribution >= 4 is 5.91 Å². The summed E-state index contributed by atoms with van der Waals surface area (Å²) in [4.78, 5) is 12.0.